The Morgan fingerprint density at radius 3 is 1.94 bits per heavy atom. The number of unbranched alkanes of at least 4 members (excludes halogenated alkanes) is 2. The molecule has 2 heterocycles. The monoisotopic (exact) mass is 506 g/mol. The van der Waals surface area contributed by atoms with E-state index in [1.165, 1.54) is 11.6 Å². The summed E-state index contributed by atoms with van der Waals surface area (Å²) in [6.45, 7) is 2.39. The van der Waals surface area contributed by atoms with Gasteiger partial charge in [0.25, 0.3) is 0 Å². The number of nitrogens with two attached hydrogens (primary N) is 1. The van der Waals surface area contributed by atoms with Gasteiger partial charge in [-0.05, 0) is 60.6 Å². The third-order valence-corrected chi connectivity index (χ3v) is 5.78. The van der Waals surface area contributed by atoms with Crippen LogP contribution in [0.3, 0.4) is 0 Å². The Morgan fingerprint density at radius 2 is 1.38 bits per heavy atom. The Morgan fingerprint density at radius 1 is 0.853 bits per heavy atom. The van der Waals surface area contributed by atoms with E-state index < -0.39 is 4.92 Å². The van der Waals surface area contributed by atoms with Crippen molar-refractivity contribution in [2.45, 2.75) is 38.8 Å². The standard InChI is InChI=1S/C12H13ClN2O3.C12H15ClN2O/c13-3-1-2-4-18-12-6-10-8-14-7-9(10)5-11(12)15(16)17;13-3-1-2-4-16-12-6-10-8-15-7-9(10)5-11(12)14/h5-7H,1-4,8H2;5-7H,1-4,8,14H2. The highest BCUT2D eigenvalue weighted by Gasteiger charge is 2.20. The minimum atomic E-state index is -0.427. The van der Waals surface area contributed by atoms with E-state index in [4.69, 9.17) is 38.4 Å². The first-order valence-corrected chi connectivity index (χ1v) is 12.2. The number of alkyl halides is 2. The van der Waals surface area contributed by atoms with Crippen molar-refractivity contribution in [2.75, 3.05) is 30.7 Å². The second-order valence-corrected chi connectivity index (χ2v) is 8.55. The van der Waals surface area contributed by atoms with Crippen molar-refractivity contribution < 1.29 is 14.4 Å². The molecule has 0 unspecified atom stereocenters. The SMILES string of the molecule is Nc1cc2c(cc1OCCCCCl)CN=C2.O=[N+]([O-])c1cc2c(cc1OCCCCCl)CN=C2. The zero-order valence-electron chi connectivity index (χ0n) is 18.8. The van der Waals surface area contributed by atoms with Gasteiger partial charge >= 0.3 is 5.69 Å². The number of anilines is 1. The molecule has 2 aliphatic rings. The van der Waals surface area contributed by atoms with Crippen LogP contribution in [0.5, 0.6) is 11.5 Å². The number of rotatable bonds is 11. The first kappa shape index (κ1) is 25.8. The molecular weight excluding hydrogens is 479 g/mol. The maximum atomic E-state index is 11.0. The number of nitro groups is 1. The van der Waals surface area contributed by atoms with Gasteiger partial charge in [0.2, 0.25) is 0 Å². The topological polar surface area (TPSA) is 112 Å². The molecule has 0 aliphatic carbocycles. The lowest BCUT2D eigenvalue weighted by Crippen LogP contribution is -2.02. The fourth-order valence-corrected chi connectivity index (χ4v) is 3.80. The van der Waals surface area contributed by atoms with E-state index in [-0.39, 0.29) is 5.69 Å². The quantitative estimate of drug-likeness (QED) is 0.141. The maximum absolute atomic E-state index is 11.0. The average molecular weight is 507 g/mol. The Bertz CT molecular complexity index is 1060. The summed E-state index contributed by atoms with van der Waals surface area (Å²) in [4.78, 5) is 18.8. The number of nitro benzene ring substituents is 1. The van der Waals surface area contributed by atoms with Gasteiger partial charge in [0.15, 0.2) is 5.75 Å². The lowest BCUT2D eigenvalue weighted by atomic mass is 10.1. The predicted octanol–water partition coefficient (Wildman–Crippen LogP) is 5.52. The van der Waals surface area contributed by atoms with Crippen LogP contribution in [0.4, 0.5) is 11.4 Å². The molecule has 0 atom stereocenters. The van der Waals surface area contributed by atoms with Crippen molar-refractivity contribution >= 4 is 47.0 Å². The highest BCUT2D eigenvalue weighted by molar-refractivity contribution is 6.18. The fourth-order valence-electron chi connectivity index (χ4n) is 3.42. The fraction of sp³-hybridized carbons (Fsp3) is 0.417. The number of ether oxygens (including phenoxy) is 2. The molecular formula is C24H28Cl2N4O4. The van der Waals surface area contributed by atoms with Gasteiger partial charge in [-0.15, -0.1) is 23.2 Å². The summed E-state index contributed by atoms with van der Waals surface area (Å²) in [7, 11) is 0. The Labute approximate surface area is 208 Å². The molecule has 2 aromatic rings. The maximum Gasteiger partial charge on any atom is 0.311 e. The number of nitrogens with zero attached hydrogens (tertiary/aromatic N) is 3. The van der Waals surface area contributed by atoms with Gasteiger partial charge in [-0.3, -0.25) is 20.1 Å². The molecule has 34 heavy (non-hydrogen) atoms. The molecule has 2 N–H and O–H groups in total. The van der Waals surface area contributed by atoms with Gasteiger partial charge in [0.05, 0.1) is 36.9 Å². The number of hydrogen-bond donors (Lipinski definition) is 1. The normalized spacial score (nSPS) is 12.6. The van der Waals surface area contributed by atoms with Crippen LogP contribution in [0, 0.1) is 10.1 Å². The second-order valence-electron chi connectivity index (χ2n) is 7.79. The largest absolute Gasteiger partial charge is 0.491 e. The van der Waals surface area contributed by atoms with Crippen molar-refractivity contribution in [3.63, 3.8) is 0 Å². The van der Waals surface area contributed by atoms with Crippen molar-refractivity contribution in [2.24, 2.45) is 9.98 Å². The Balaban J connectivity index is 0.000000192. The van der Waals surface area contributed by atoms with Gasteiger partial charge in [-0.2, -0.15) is 0 Å². The summed E-state index contributed by atoms with van der Waals surface area (Å²) in [6, 6.07) is 7.13. The van der Waals surface area contributed by atoms with E-state index in [1.54, 1.807) is 12.3 Å². The van der Waals surface area contributed by atoms with E-state index >= 15 is 0 Å². The molecule has 0 fully saturated rings. The summed E-state index contributed by atoms with van der Waals surface area (Å²) in [5, 5.41) is 11.0. The second kappa shape index (κ2) is 13.2. The summed E-state index contributed by atoms with van der Waals surface area (Å²) in [6.07, 6.45) is 7.05. The van der Waals surface area contributed by atoms with Crippen LogP contribution in [-0.2, 0) is 13.1 Å². The van der Waals surface area contributed by atoms with Crippen molar-refractivity contribution in [3.05, 3.63) is 56.6 Å². The molecule has 0 saturated carbocycles. The molecule has 0 radical (unpaired) electrons. The Hall–Kier alpha value is -2.84. The molecule has 0 bridgehead atoms. The molecule has 0 spiro atoms. The molecule has 0 aromatic heterocycles. The highest BCUT2D eigenvalue weighted by atomic mass is 35.5. The molecule has 182 valence electrons. The van der Waals surface area contributed by atoms with Crippen LogP contribution in [0.15, 0.2) is 34.3 Å². The van der Waals surface area contributed by atoms with E-state index in [1.807, 2.05) is 18.3 Å². The number of halogens is 2. The first-order chi connectivity index (χ1) is 16.5. The minimum absolute atomic E-state index is 0.00651. The molecule has 2 aliphatic heterocycles. The summed E-state index contributed by atoms with van der Waals surface area (Å²) < 4.78 is 11.1. The van der Waals surface area contributed by atoms with Gasteiger partial charge in [0, 0.05) is 35.8 Å². The van der Waals surface area contributed by atoms with Crippen LogP contribution in [0.1, 0.15) is 47.9 Å². The summed E-state index contributed by atoms with van der Waals surface area (Å²) >= 11 is 11.2. The van der Waals surface area contributed by atoms with Gasteiger partial charge in [-0.25, -0.2) is 0 Å². The van der Waals surface area contributed by atoms with Crippen LogP contribution in [0.25, 0.3) is 0 Å². The van der Waals surface area contributed by atoms with Gasteiger partial charge < -0.3 is 15.2 Å². The van der Waals surface area contributed by atoms with Gasteiger partial charge in [0.1, 0.15) is 5.75 Å². The van der Waals surface area contributed by atoms with Crippen LogP contribution in [0.2, 0.25) is 0 Å². The summed E-state index contributed by atoms with van der Waals surface area (Å²) in [5.74, 6) is 2.33. The first-order valence-electron chi connectivity index (χ1n) is 11.1. The van der Waals surface area contributed by atoms with E-state index in [9.17, 15) is 10.1 Å². The minimum Gasteiger partial charge on any atom is -0.491 e. The number of fused-ring (bicyclic) bond motifs is 2. The van der Waals surface area contributed by atoms with Crippen LogP contribution >= 0.6 is 23.2 Å². The molecule has 4 rings (SSSR count). The predicted molar refractivity (Wildman–Crippen MR) is 137 cm³/mol. The van der Waals surface area contributed by atoms with E-state index in [0.29, 0.717) is 43.0 Å². The molecule has 0 amide bonds. The van der Waals surface area contributed by atoms with Gasteiger partial charge in [-0.1, -0.05) is 0 Å². The zero-order chi connectivity index (χ0) is 24.3. The van der Waals surface area contributed by atoms with Crippen molar-refractivity contribution in [3.8, 4) is 11.5 Å². The number of nitrogen functional groups attached to an aromatic ring is 1. The van der Waals surface area contributed by atoms with Crippen LogP contribution < -0.4 is 15.2 Å². The van der Waals surface area contributed by atoms with E-state index in [0.717, 1.165) is 54.7 Å². The lowest BCUT2D eigenvalue weighted by molar-refractivity contribution is -0.385. The average Bonchev–Trinajstić information content (AvgIpc) is 3.48. The Kier molecular flexibility index (Phi) is 9.97. The van der Waals surface area contributed by atoms with Crippen molar-refractivity contribution in [1.82, 2.24) is 0 Å². The number of aliphatic imine (C=N–C) groups is 2. The number of hydrogen-bond acceptors (Lipinski definition) is 7. The summed E-state index contributed by atoms with van der Waals surface area (Å²) in [5.41, 5.74) is 10.6. The number of benzene rings is 2. The van der Waals surface area contributed by atoms with E-state index in [2.05, 4.69) is 9.98 Å². The third-order valence-electron chi connectivity index (χ3n) is 5.24. The smallest absolute Gasteiger partial charge is 0.311 e. The van der Waals surface area contributed by atoms with Crippen LogP contribution in [-0.4, -0.2) is 42.3 Å². The molecule has 2 aromatic carbocycles. The molecule has 0 saturated heterocycles. The van der Waals surface area contributed by atoms with Crippen molar-refractivity contribution in [1.29, 1.82) is 0 Å². The zero-order valence-corrected chi connectivity index (χ0v) is 20.4. The highest BCUT2D eigenvalue weighted by Crippen LogP contribution is 2.32. The third kappa shape index (κ3) is 7.08. The lowest BCUT2D eigenvalue weighted by Gasteiger charge is -2.10. The molecule has 8 nitrogen and oxygen atoms in total. The molecule has 10 heteroatoms.